The summed E-state index contributed by atoms with van der Waals surface area (Å²) in [6.45, 7) is 1.86. The molecule has 5 nitrogen and oxygen atoms in total. The molecule has 0 fully saturated rings. The van der Waals surface area contributed by atoms with Gasteiger partial charge in [-0.25, -0.2) is 0 Å². The standard InChI is InChI=1S/C11H11N3O2/c1-7-2-3-8(10(15)6-7)13-11(16)9-4-5-12-14-9/h2-6,15H,1H3,(H,12,14)(H,13,16). The van der Waals surface area contributed by atoms with E-state index in [1.165, 1.54) is 6.20 Å². The number of aryl methyl sites for hydroxylation is 1. The minimum atomic E-state index is -0.336. The maximum Gasteiger partial charge on any atom is 0.273 e. The highest BCUT2D eigenvalue weighted by Gasteiger charge is 2.09. The van der Waals surface area contributed by atoms with E-state index in [-0.39, 0.29) is 11.7 Å². The van der Waals surface area contributed by atoms with Gasteiger partial charge in [0.05, 0.1) is 5.69 Å². The van der Waals surface area contributed by atoms with Crippen molar-refractivity contribution in [2.45, 2.75) is 6.92 Å². The maximum absolute atomic E-state index is 11.6. The first kappa shape index (κ1) is 10.2. The number of H-pyrrole nitrogens is 1. The van der Waals surface area contributed by atoms with Crippen LogP contribution >= 0.6 is 0 Å². The molecule has 2 rings (SSSR count). The van der Waals surface area contributed by atoms with Crippen molar-refractivity contribution in [3.8, 4) is 5.75 Å². The van der Waals surface area contributed by atoms with E-state index in [1.807, 2.05) is 13.0 Å². The third-order valence-electron chi connectivity index (χ3n) is 2.15. The molecule has 0 saturated heterocycles. The van der Waals surface area contributed by atoms with Crippen molar-refractivity contribution in [1.82, 2.24) is 10.2 Å². The lowest BCUT2D eigenvalue weighted by Crippen LogP contribution is -2.12. The average Bonchev–Trinajstić information content (AvgIpc) is 2.75. The van der Waals surface area contributed by atoms with Crippen LogP contribution in [-0.4, -0.2) is 21.2 Å². The molecule has 0 atom stereocenters. The van der Waals surface area contributed by atoms with Crippen LogP contribution in [-0.2, 0) is 0 Å². The summed E-state index contributed by atoms with van der Waals surface area (Å²) in [6, 6.07) is 6.60. The van der Waals surface area contributed by atoms with Gasteiger partial charge in [0.1, 0.15) is 11.4 Å². The molecule has 0 aliphatic heterocycles. The van der Waals surface area contributed by atoms with Gasteiger partial charge in [-0.15, -0.1) is 0 Å². The number of carbonyl (C=O) groups is 1. The number of hydrogen-bond donors (Lipinski definition) is 3. The number of aromatic nitrogens is 2. The van der Waals surface area contributed by atoms with Crippen LogP contribution in [0.5, 0.6) is 5.75 Å². The number of aromatic hydroxyl groups is 1. The number of amides is 1. The lowest BCUT2D eigenvalue weighted by atomic mass is 10.2. The molecular weight excluding hydrogens is 206 g/mol. The van der Waals surface area contributed by atoms with Crippen LogP contribution < -0.4 is 5.32 Å². The fourth-order valence-corrected chi connectivity index (χ4v) is 1.32. The molecule has 2 aromatic rings. The Morgan fingerprint density at radius 1 is 1.44 bits per heavy atom. The lowest BCUT2D eigenvalue weighted by molar-refractivity contribution is 0.102. The molecule has 1 heterocycles. The second-order valence-electron chi connectivity index (χ2n) is 3.45. The Balaban J connectivity index is 2.18. The highest BCUT2D eigenvalue weighted by molar-refractivity contribution is 6.03. The molecule has 1 amide bonds. The highest BCUT2D eigenvalue weighted by atomic mass is 16.3. The van der Waals surface area contributed by atoms with E-state index in [0.717, 1.165) is 5.56 Å². The Hall–Kier alpha value is -2.30. The lowest BCUT2D eigenvalue weighted by Gasteiger charge is -2.06. The first-order valence-corrected chi connectivity index (χ1v) is 4.77. The summed E-state index contributed by atoms with van der Waals surface area (Å²) in [4.78, 5) is 11.6. The monoisotopic (exact) mass is 217 g/mol. The van der Waals surface area contributed by atoms with E-state index in [2.05, 4.69) is 15.5 Å². The molecule has 5 heteroatoms. The van der Waals surface area contributed by atoms with E-state index in [1.54, 1.807) is 18.2 Å². The van der Waals surface area contributed by atoms with E-state index in [9.17, 15) is 9.90 Å². The van der Waals surface area contributed by atoms with E-state index in [0.29, 0.717) is 11.4 Å². The highest BCUT2D eigenvalue weighted by Crippen LogP contribution is 2.24. The molecule has 0 unspecified atom stereocenters. The van der Waals surface area contributed by atoms with Gasteiger partial charge in [0.25, 0.3) is 5.91 Å². The Labute approximate surface area is 92.1 Å². The van der Waals surface area contributed by atoms with Crippen LogP contribution in [0.15, 0.2) is 30.5 Å². The molecule has 1 aromatic carbocycles. The van der Waals surface area contributed by atoms with Crippen molar-refractivity contribution >= 4 is 11.6 Å². The number of carbonyl (C=O) groups excluding carboxylic acids is 1. The third kappa shape index (κ3) is 2.03. The predicted octanol–water partition coefficient (Wildman–Crippen LogP) is 1.68. The van der Waals surface area contributed by atoms with Gasteiger partial charge in [0.15, 0.2) is 0 Å². The summed E-state index contributed by atoms with van der Waals surface area (Å²) in [5.41, 5.74) is 1.65. The Bertz CT molecular complexity index is 506. The van der Waals surface area contributed by atoms with Crippen molar-refractivity contribution in [3.63, 3.8) is 0 Å². The first-order valence-electron chi connectivity index (χ1n) is 4.77. The first-order chi connectivity index (χ1) is 7.66. The van der Waals surface area contributed by atoms with Crippen molar-refractivity contribution in [1.29, 1.82) is 0 Å². The Kier molecular flexibility index (Phi) is 2.59. The fraction of sp³-hybridized carbons (Fsp3) is 0.0909. The van der Waals surface area contributed by atoms with Gasteiger partial charge in [-0.05, 0) is 30.7 Å². The Morgan fingerprint density at radius 2 is 2.25 bits per heavy atom. The number of phenols is 1. The molecule has 3 N–H and O–H groups in total. The van der Waals surface area contributed by atoms with E-state index >= 15 is 0 Å². The van der Waals surface area contributed by atoms with Crippen LogP contribution in [0.4, 0.5) is 5.69 Å². The molecule has 1 aromatic heterocycles. The van der Waals surface area contributed by atoms with E-state index in [4.69, 9.17) is 0 Å². The number of phenolic OH excluding ortho intramolecular Hbond substituents is 1. The molecule has 0 saturated carbocycles. The van der Waals surface area contributed by atoms with Crippen LogP contribution in [0.25, 0.3) is 0 Å². The van der Waals surface area contributed by atoms with Gasteiger partial charge in [0.2, 0.25) is 0 Å². The molecule has 0 radical (unpaired) electrons. The van der Waals surface area contributed by atoms with Crippen molar-refractivity contribution in [2.75, 3.05) is 5.32 Å². The van der Waals surface area contributed by atoms with E-state index < -0.39 is 0 Å². The van der Waals surface area contributed by atoms with Gasteiger partial charge in [-0.3, -0.25) is 9.89 Å². The SMILES string of the molecule is Cc1ccc(NC(=O)c2ccn[nH]2)c(O)c1. The Morgan fingerprint density at radius 3 is 2.88 bits per heavy atom. The summed E-state index contributed by atoms with van der Waals surface area (Å²) >= 11 is 0. The summed E-state index contributed by atoms with van der Waals surface area (Å²) in [6.07, 6.45) is 1.49. The van der Waals surface area contributed by atoms with Crippen molar-refractivity contribution in [3.05, 3.63) is 41.7 Å². The minimum absolute atomic E-state index is 0.0489. The number of nitrogens with zero attached hydrogens (tertiary/aromatic N) is 1. The number of nitrogens with one attached hydrogen (secondary N) is 2. The van der Waals surface area contributed by atoms with Crippen LogP contribution in [0, 0.1) is 6.92 Å². The number of rotatable bonds is 2. The average molecular weight is 217 g/mol. The smallest absolute Gasteiger partial charge is 0.273 e. The molecular formula is C11H11N3O2. The molecule has 0 aliphatic carbocycles. The summed E-state index contributed by atoms with van der Waals surface area (Å²) in [5, 5.41) is 18.4. The number of hydrogen-bond acceptors (Lipinski definition) is 3. The largest absolute Gasteiger partial charge is 0.506 e. The number of benzene rings is 1. The topological polar surface area (TPSA) is 78.0 Å². The molecule has 0 bridgehead atoms. The normalized spacial score (nSPS) is 10.1. The second kappa shape index (κ2) is 4.06. The minimum Gasteiger partial charge on any atom is -0.506 e. The van der Waals surface area contributed by atoms with Crippen LogP contribution in [0.2, 0.25) is 0 Å². The zero-order valence-corrected chi connectivity index (χ0v) is 8.69. The van der Waals surface area contributed by atoms with Crippen molar-refractivity contribution in [2.24, 2.45) is 0 Å². The van der Waals surface area contributed by atoms with Gasteiger partial charge < -0.3 is 10.4 Å². The zero-order chi connectivity index (χ0) is 11.5. The van der Waals surface area contributed by atoms with Gasteiger partial charge in [-0.2, -0.15) is 5.10 Å². The molecule has 0 aliphatic rings. The third-order valence-corrected chi connectivity index (χ3v) is 2.15. The second-order valence-corrected chi connectivity index (χ2v) is 3.45. The quantitative estimate of drug-likeness (QED) is 0.669. The van der Waals surface area contributed by atoms with Gasteiger partial charge in [0, 0.05) is 6.20 Å². The zero-order valence-electron chi connectivity index (χ0n) is 8.69. The maximum atomic E-state index is 11.6. The number of anilines is 1. The molecule has 16 heavy (non-hydrogen) atoms. The molecule has 0 spiro atoms. The van der Waals surface area contributed by atoms with Gasteiger partial charge in [-0.1, -0.05) is 6.07 Å². The fourth-order valence-electron chi connectivity index (χ4n) is 1.32. The summed E-state index contributed by atoms with van der Waals surface area (Å²) in [7, 11) is 0. The van der Waals surface area contributed by atoms with Crippen LogP contribution in [0.1, 0.15) is 16.1 Å². The van der Waals surface area contributed by atoms with Crippen molar-refractivity contribution < 1.29 is 9.90 Å². The van der Waals surface area contributed by atoms with Gasteiger partial charge >= 0.3 is 0 Å². The summed E-state index contributed by atoms with van der Waals surface area (Å²) in [5.74, 6) is -0.287. The molecule has 82 valence electrons. The number of aromatic amines is 1. The summed E-state index contributed by atoms with van der Waals surface area (Å²) < 4.78 is 0. The predicted molar refractivity (Wildman–Crippen MR) is 59.4 cm³/mol. The van der Waals surface area contributed by atoms with Crippen LogP contribution in [0.3, 0.4) is 0 Å².